The number of nitrogens with zero attached hydrogens (tertiary/aromatic N) is 2. The lowest BCUT2D eigenvalue weighted by atomic mass is 10.4. The fraction of sp³-hybridized carbons (Fsp3) is 0.727. The minimum absolute atomic E-state index is 0.539. The van der Waals surface area contributed by atoms with E-state index < -0.39 is 0 Å². The second-order valence-corrected chi connectivity index (χ2v) is 6.56. The number of thiazole rings is 1. The van der Waals surface area contributed by atoms with Gasteiger partial charge in [0.2, 0.25) is 0 Å². The van der Waals surface area contributed by atoms with Crippen molar-refractivity contribution in [3.63, 3.8) is 0 Å². The molecule has 16 heavy (non-hydrogen) atoms. The summed E-state index contributed by atoms with van der Waals surface area (Å²) in [7, 11) is 0. The second-order valence-electron chi connectivity index (χ2n) is 4.24. The largest absolute Gasteiger partial charge is 0.346 e. The monoisotopic (exact) mass is 257 g/mol. The molecule has 1 aromatic heterocycles. The molecular formula is C11H19N3S2. The van der Waals surface area contributed by atoms with Gasteiger partial charge in [0.05, 0.1) is 0 Å². The molecule has 5 heteroatoms. The second kappa shape index (κ2) is 5.89. The van der Waals surface area contributed by atoms with E-state index in [-0.39, 0.29) is 0 Å². The van der Waals surface area contributed by atoms with Crippen LogP contribution in [0.3, 0.4) is 0 Å². The number of hydrogen-bond acceptors (Lipinski definition) is 5. The highest BCUT2D eigenvalue weighted by Crippen LogP contribution is 2.24. The van der Waals surface area contributed by atoms with Crippen LogP contribution in [0.25, 0.3) is 0 Å². The van der Waals surface area contributed by atoms with Crippen LogP contribution in [0.2, 0.25) is 0 Å². The lowest BCUT2D eigenvalue weighted by Crippen LogP contribution is -2.32. The topological polar surface area (TPSA) is 28.2 Å². The molecular weight excluding hydrogens is 238 g/mol. The normalized spacial score (nSPS) is 17.1. The van der Waals surface area contributed by atoms with Crippen molar-refractivity contribution in [2.24, 2.45) is 0 Å². The molecule has 1 aliphatic rings. The van der Waals surface area contributed by atoms with E-state index in [2.05, 4.69) is 29.0 Å². The fourth-order valence-corrected chi connectivity index (χ4v) is 3.40. The molecule has 3 nitrogen and oxygen atoms in total. The molecule has 0 spiro atoms. The lowest BCUT2D eigenvalue weighted by molar-refractivity contribution is 0.593. The summed E-state index contributed by atoms with van der Waals surface area (Å²) in [6.07, 6.45) is 2.01. The molecule has 0 amide bonds. The van der Waals surface area contributed by atoms with Gasteiger partial charge < -0.3 is 10.2 Å². The maximum Gasteiger partial charge on any atom is 0.185 e. The minimum Gasteiger partial charge on any atom is -0.346 e. The molecule has 0 aliphatic carbocycles. The summed E-state index contributed by atoms with van der Waals surface area (Å²) in [6.45, 7) is 7.58. The van der Waals surface area contributed by atoms with Crippen LogP contribution in [-0.4, -0.2) is 35.6 Å². The summed E-state index contributed by atoms with van der Waals surface area (Å²) in [5.41, 5.74) is 0. The zero-order valence-electron chi connectivity index (χ0n) is 9.90. The SMILES string of the molecule is CC(C)NCc1cnc(N2CCSCC2)s1. The van der Waals surface area contributed by atoms with Crippen molar-refractivity contribution in [1.82, 2.24) is 10.3 Å². The van der Waals surface area contributed by atoms with Crippen LogP contribution >= 0.6 is 23.1 Å². The summed E-state index contributed by atoms with van der Waals surface area (Å²) >= 11 is 3.86. The predicted octanol–water partition coefficient (Wildman–Crippen LogP) is 2.19. The fourth-order valence-electron chi connectivity index (χ4n) is 1.58. The number of thioether (sulfide) groups is 1. The molecule has 1 aromatic rings. The molecule has 1 fully saturated rings. The molecule has 0 unspecified atom stereocenters. The van der Waals surface area contributed by atoms with E-state index in [1.807, 2.05) is 29.3 Å². The highest BCUT2D eigenvalue weighted by Gasteiger charge is 2.14. The first-order chi connectivity index (χ1) is 7.75. The van der Waals surface area contributed by atoms with Gasteiger partial charge in [-0.1, -0.05) is 13.8 Å². The molecule has 0 saturated carbocycles. The van der Waals surface area contributed by atoms with Gasteiger partial charge in [-0.15, -0.1) is 11.3 Å². The van der Waals surface area contributed by atoms with E-state index in [9.17, 15) is 0 Å². The van der Waals surface area contributed by atoms with E-state index >= 15 is 0 Å². The predicted molar refractivity (Wildman–Crippen MR) is 73.6 cm³/mol. The van der Waals surface area contributed by atoms with Gasteiger partial charge in [-0.25, -0.2) is 4.98 Å². The minimum atomic E-state index is 0.539. The Balaban J connectivity index is 1.90. The van der Waals surface area contributed by atoms with E-state index in [0.29, 0.717) is 6.04 Å². The summed E-state index contributed by atoms with van der Waals surface area (Å²) in [4.78, 5) is 8.25. The Hall–Kier alpha value is -0.260. The molecule has 1 N–H and O–H groups in total. The van der Waals surface area contributed by atoms with Crippen LogP contribution in [0.15, 0.2) is 6.20 Å². The van der Waals surface area contributed by atoms with Gasteiger partial charge in [0.1, 0.15) is 0 Å². The molecule has 2 rings (SSSR count). The van der Waals surface area contributed by atoms with Gasteiger partial charge in [0.15, 0.2) is 5.13 Å². The average Bonchev–Trinajstić information content (AvgIpc) is 2.76. The van der Waals surface area contributed by atoms with Gasteiger partial charge in [0.25, 0.3) is 0 Å². The zero-order valence-corrected chi connectivity index (χ0v) is 11.5. The number of aromatic nitrogens is 1. The molecule has 0 aromatic carbocycles. The summed E-state index contributed by atoms with van der Waals surface area (Å²) in [5, 5.41) is 4.62. The maximum absolute atomic E-state index is 4.51. The third kappa shape index (κ3) is 3.37. The Bertz CT molecular complexity index is 319. The first-order valence-electron chi connectivity index (χ1n) is 5.76. The lowest BCUT2D eigenvalue weighted by Gasteiger charge is -2.25. The van der Waals surface area contributed by atoms with E-state index in [1.54, 1.807) is 0 Å². The first kappa shape index (κ1) is 12.2. The molecule has 90 valence electrons. The van der Waals surface area contributed by atoms with Crippen LogP contribution in [0, 0.1) is 0 Å². The Kier molecular flexibility index (Phi) is 4.49. The molecule has 2 heterocycles. The van der Waals surface area contributed by atoms with Crippen LogP contribution < -0.4 is 10.2 Å². The molecule has 0 bridgehead atoms. The Labute approximate surface area is 106 Å². The highest BCUT2D eigenvalue weighted by atomic mass is 32.2. The maximum atomic E-state index is 4.51. The highest BCUT2D eigenvalue weighted by molar-refractivity contribution is 7.99. The van der Waals surface area contributed by atoms with Crippen molar-refractivity contribution >= 4 is 28.2 Å². The quantitative estimate of drug-likeness (QED) is 0.895. The zero-order chi connectivity index (χ0) is 11.4. The Morgan fingerprint density at radius 2 is 2.19 bits per heavy atom. The van der Waals surface area contributed by atoms with Crippen molar-refractivity contribution in [3.05, 3.63) is 11.1 Å². The number of anilines is 1. The third-order valence-electron chi connectivity index (χ3n) is 2.51. The van der Waals surface area contributed by atoms with Gasteiger partial charge in [-0.2, -0.15) is 11.8 Å². The number of hydrogen-bond donors (Lipinski definition) is 1. The van der Waals surface area contributed by atoms with Gasteiger partial charge in [-0.3, -0.25) is 0 Å². The van der Waals surface area contributed by atoms with Crippen molar-refractivity contribution in [1.29, 1.82) is 0 Å². The average molecular weight is 257 g/mol. The van der Waals surface area contributed by atoms with Crippen molar-refractivity contribution in [3.8, 4) is 0 Å². The summed E-state index contributed by atoms with van der Waals surface area (Å²) in [5.74, 6) is 2.47. The van der Waals surface area contributed by atoms with Gasteiger partial charge in [0, 0.05) is 48.3 Å². The van der Waals surface area contributed by atoms with E-state index in [0.717, 1.165) is 19.6 Å². The molecule has 0 atom stereocenters. The molecule has 1 aliphatic heterocycles. The molecule has 1 saturated heterocycles. The smallest absolute Gasteiger partial charge is 0.185 e. The van der Waals surface area contributed by atoms with Crippen LogP contribution in [0.5, 0.6) is 0 Å². The summed E-state index contributed by atoms with van der Waals surface area (Å²) in [6, 6.07) is 0.539. The van der Waals surface area contributed by atoms with Crippen LogP contribution in [0.4, 0.5) is 5.13 Å². The molecule has 0 radical (unpaired) electrons. The summed E-state index contributed by atoms with van der Waals surface area (Å²) < 4.78 is 0. The number of nitrogens with one attached hydrogen (secondary N) is 1. The Morgan fingerprint density at radius 1 is 1.44 bits per heavy atom. The van der Waals surface area contributed by atoms with E-state index in [1.165, 1.54) is 21.5 Å². The van der Waals surface area contributed by atoms with E-state index in [4.69, 9.17) is 0 Å². The van der Waals surface area contributed by atoms with Crippen molar-refractivity contribution < 1.29 is 0 Å². The Morgan fingerprint density at radius 3 is 2.88 bits per heavy atom. The van der Waals surface area contributed by atoms with Crippen molar-refractivity contribution in [2.45, 2.75) is 26.4 Å². The first-order valence-corrected chi connectivity index (χ1v) is 7.73. The van der Waals surface area contributed by atoms with Gasteiger partial charge >= 0.3 is 0 Å². The third-order valence-corrected chi connectivity index (χ3v) is 4.51. The standard InChI is InChI=1S/C11H19N3S2/c1-9(2)12-7-10-8-13-11(16-10)14-3-5-15-6-4-14/h8-9,12H,3-7H2,1-2H3. The van der Waals surface area contributed by atoms with Crippen molar-refractivity contribution in [2.75, 3.05) is 29.5 Å². The van der Waals surface area contributed by atoms with Gasteiger partial charge in [-0.05, 0) is 0 Å². The number of rotatable bonds is 4. The van der Waals surface area contributed by atoms with Crippen LogP contribution in [0.1, 0.15) is 18.7 Å². The van der Waals surface area contributed by atoms with Crippen LogP contribution in [-0.2, 0) is 6.54 Å².